The largest absolute Gasteiger partial charge is 0.396 e. The minimum Gasteiger partial charge on any atom is -0.396 e. The second-order valence-electron chi connectivity index (χ2n) is 4.23. The van der Waals surface area contributed by atoms with Crippen molar-refractivity contribution < 1.29 is 13.5 Å². The Morgan fingerprint density at radius 3 is 2.50 bits per heavy atom. The number of hydrogen-bond acceptors (Lipinski definition) is 4. The van der Waals surface area contributed by atoms with Crippen LogP contribution >= 0.6 is 11.6 Å². The Labute approximate surface area is 122 Å². The van der Waals surface area contributed by atoms with Crippen molar-refractivity contribution in [3.05, 3.63) is 41.3 Å². The van der Waals surface area contributed by atoms with Crippen LogP contribution in [0, 0.1) is 0 Å². The summed E-state index contributed by atoms with van der Waals surface area (Å²) in [5.74, 6) is 0. The summed E-state index contributed by atoms with van der Waals surface area (Å²) in [7, 11) is -2.20. The molecule has 0 aliphatic carbocycles. The van der Waals surface area contributed by atoms with Gasteiger partial charge in [0.2, 0.25) is 5.03 Å². The average Bonchev–Trinajstić information content (AvgIpc) is 2.73. The molecule has 0 radical (unpaired) electrons. The number of rotatable bonds is 5. The molecule has 0 unspecified atom stereocenters. The van der Waals surface area contributed by atoms with Crippen LogP contribution in [-0.4, -0.2) is 29.7 Å². The Balaban J connectivity index is 2.22. The molecule has 0 saturated carbocycles. The molecule has 2 N–H and O–H groups in total. The lowest BCUT2D eigenvalue weighted by Gasteiger charge is -2.07. The van der Waals surface area contributed by atoms with E-state index in [9.17, 15) is 8.42 Å². The molecule has 0 aliphatic rings. The summed E-state index contributed by atoms with van der Waals surface area (Å²) >= 11 is 5.88. The van der Waals surface area contributed by atoms with Crippen molar-refractivity contribution >= 4 is 27.3 Å². The van der Waals surface area contributed by atoms with Gasteiger partial charge in [0, 0.05) is 19.3 Å². The van der Waals surface area contributed by atoms with Crippen molar-refractivity contribution in [1.29, 1.82) is 0 Å². The van der Waals surface area contributed by atoms with Crippen LogP contribution in [0.2, 0.25) is 5.15 Å². The fraction of sp³-hybridized carbons (Fsp3) is 0.250. The van der Waals surface area contributed by atoms with Crippen LogP contribution in [0.5, 0.6) is 0 Å². The molecule has 6 nitrogen and oxygen atoms in total. The molecule has 108 valence electrons. The van der Waals surface area contributed by atoms with E-state index in [0.717, 1.165) is 5.56 Å². The van der Waals surface area contributed by atoms with E-state index in [1.165, 1.54) is 10.9 Å². The zero-order valence-corrected chi connectivity index (χ0v) is 12.3. The third kappa shape index (κ3) is 3.12. The molecular formula is C12H14ClN3O3S. The SMILES string of the molecule is Cn1cnc(S(=O)(=O)Nc2ccc(CCO)cc2)c1Cl. The predicted octanol–water partition coefficient (Wildman–Crippen LogP) is 1.41. The van der Waals surface area contributed by atoms with E-state index in [2.05, 4.69) is 9.71 Å². The number of imidazole rings is 1. The lowest BCUT2D eigenvalue weighted by Crippen LogP contribution is -2.14. The van der Waals surface area contributed by atoms with Crippen molar-refractivity contribution in [2.45, 2.75) is 11.4 Å². The van der Waals surface area contributed by atoms with Gasteiger partial charge in [-0.3, -0.25) is 4.72 Å². The first kappa shape index (κ1) is 14.8. The molecule has 1 heterocycles. The molecule has 0 saturated heterocycles. The Kier molecular flexibility index (Phi) is 4.32. The molecule has 20 heavy (non-hydrogen) atoms. The number of nitrogens with one attached hydrogen (secondary N) is 1. The minimum atomic E-state index is -3.81. The molecule has 2 rings (SSSR count). The van der Waals surface area contributed by atoms with Crippen molar-refractivity contribution in [3.63, 3.8) is 0 Å². The lowest BCUT2D eigenvalue weighted by molar-refractivity contribution is 0.299. The molecule has 0 spiro atoms. The molecule has 0 atom stereocenters. The normalized spacial score (nSPS) is 11.6. The lowest BCUT2D eigenvalue weighted by atomic mass is 10.1. The molecule has 8 heteroatoms. The van der Waals surface area contributed by atoms with E-state index in [4.69, 9.17) is 16.7 Å². The van der Waals surface area contributed by atoms with Crippen LogP contribution in [0.1, 0.15) is 5.56 Å². The molecular weight excluding hydrogens is 302 g/mol. The quantitative estimate of drug-likeness (QED) is 0.873. The van der Waals surface area contributed by atoms with Gasteiger partial charge in [-0.25, -0.2) is 4.98 Å². The van der Waals surface area contributed by atoms with Crippen molar-refractivity contribution in [2.75, 3.05) is 11.3 Å². The molecule has 0 aliphatic heterocycles. The first-order valence-corrected chi connectivity index (χ1v) is 7.69. The van der Waals surface area contributed by atoms with E-state index >= 15 is 0 Å². The number of aryl methyl sites for hydroxylation is 1. The maximum atomic E-state index is 12.1. The maximum Gasteiger partial charge on any atom is 0.282 e. The van der Waals surface area contributed by atoms with Crippen LogP contribution in [0.4, 0.5) is 5.69 Å². The zero-order valence-electron chi connectivity index (χ0n) is 10.7. The highest BCUT2D eigenvalue weighted by molar-refractivity contribution is 7.92. The van der Waals surface area contributed by atoms with Gasteiger partial charge in [-0.1, -0.05) is 23.7 Å². The number of hydrogen-bond donors (Lipinski definition) is 2. The number of aliphatic hydroxyl groups excluding tert-OH is 1. The van der Waals surface area contributed by atoms with Crippen LogP contribution in [-0.2, 0) is 23.5 Å². The number of aliphatic hydroxyl groups is 1. The standard InChI is InChI=1S/C12H14ClN3O3S/c1-16-8-14-12(11(16)13)20(18,19)15-10-4-2-9(3-5-10)6-7-17/h2-5,8,15,17H,6-7H2,1H3. The second-order valence-corrected chi connectivity index (χ2v) is 6.18. The van der Waals surface area contributed by atoms with Gasteiger partial charge in [-0.2, -0.15) is 8.42 Å². The highest BCUT2D eigenvalue weighted by atomic mass is 35.5. The minimum absolute atomic E-state index is 0.0502. The van der Waals surface area contributed by atoms with E-state index in [-0.39, 0.29) is 16.8 Å². The summed E-state index contributed by atoms with van der Waals surface area (Å²) in [6, 6.07) is 6.74. The number of nitrogens with zero attached hydrogens (tertiary/aromatic N) is 2. The Morgan fingerprint density at radius 2 is 2.00 bits per heavy atom. The zero-order chi connectivity index (χ0) is 14.8. The fourth-order valence-electron chi connectivity index (χ4n) is 1.65. The van der Waals surface area contributed by atoms with Crippen LogP contribution in [0.25, 0.3) is 0 Å². The fourth-order valence-corrected chi connectivity index (χ4v) is 3.14. The van der Waals surface area contributed by atoms with Gasteiger partial charge in [0.15, 0.2) is 0 Å². The topological polar surface area (TPSA) is 84.2 Å². The summed E-state index contributed by atoms with van der Waals surface area (Å²) in [5, 5.41) is 8.66. The monoisotopic (exact) mass is 315 g/mol. The molecule has 2 aromatic rings. The van der Waals surface area contributed by atoms with Gasteiger partial charge >= 0.3 is 0 Å². The number of aromatic nitrogens is 2. The van der Waals surface area contributed by atoms with Crippen molar-refractivity contribution in [2.24, 2.45) is 7.05 Å². The third-order valence-electron chi connectivity index (χ3n) is 2.70. The Hall–Kier alpha value is -1.57. The van der Waals surface area contributed by atoms with E-state index in [1.807, 2.05) is 0 Å². The Bertz CT molecular complexity index is 695. The first-order chi connectivity index (χ1) is 9.44. The number of sulfonamides is 1. The predicted molar refractivity (Wildman–Crippen MR) is 76.3 cm³/mol. The summed E-state index contributed by atoms with van der Waals surface area (Å²) in [5.41, 5.74) is 1.33. The van der Waals surface area contributed by atoms with Gasteiger partial charge < -0.3 is 9.67 Å². The number of halogens is 1. The van der Waals surface area contributed by atoms with Gasteiger partial charge in [-0.05, 0) is 24.1 Å². The van der Waals surface area contributed by atoms with Gasteiger partial charge in [0.1, 0.15) is 5.15 Å². The smallest absolute Gasteiger partial charge is 0.282 e. The van der Waals surface area contributed by atoms with Crippen LogP contribution in [0.3, 0.4) is 0 Å². The maximum absolute atomic E-state index is 12.1. The summed E-state index contributed by atoms with van der Waals surface area (Å²) in [6.07, 6.45) is 1.86. The highest BCUT2D eigenvalue weighted by Crippen LogP contribution is 2.21. The molecule has 0 fully saturated rings. The van der Waals surface area contributed by atoms with Crippen molar-refractivity contribution in [1.82, 2.24) is 9.55 Å². The number of anilines is 1. The third-order valence-corrected chi connectivity index (χ3v) is 4.57. The second kappa shape index (κ2) is 5.82. The van der Waals surface area contributed by atoms with Crippen LogP contribution in [0.15, 0.2) is 35.6 Å². The van der Waals surface area contributed by atoms with E-state index in [0.29, 0.717) is 12.1 Å². The van der Waals surface area contributed by atoms with E-state index in [1.54, 1.807) is 31.3 Å². The average molecular weight is 316 g/mol. The van der Waals surface area contributed by atoms with Gasteiger partial charge in [0.05, 0.1) is 6.33 Å². The molecule has 0 amide bonds. The summed E-state index contributed by atoms with van der Waals surface area (Å²) in [4.78, 5) is 3.78. The summed E-state index contributed by atoms with van der Waals surface area (Å²) in [6.45, 7) is 0.0502. The summed E-state index contributed by atoms with van der Waals surface area (Å²) < 4.78 is 28.1. The molecule has 1 aromatic heterocycles. The Morgan fingerprint density at radius 1 is 1.35 bits per heavy atom. The first-order valence-electron chi connectivity index (χ1n) is 5.83. The van der Waals surface area contributed by atoms with Gasteiger partial charge in [0.25, 0.3) is 10.0 Å². The highest BCUT2D eigenvalue weighted by Gasteiger charge is 2.22. The molecule has 0 bridgehead atoms. The van der Waals surface area contributed by atoms with Gasteiger partial charge in [-0.15, -0.1) is 0 Å². The van der Waals surface area contributed by atoms with Crippen LogP contribution < -0.4 is 4.72 Å². The number of benzene rings is 1. The van der Waals surface area contributed by atoms with Crippen molar-refractivity contribution in [3.8, 4) is 0 Å². The molecule has 1 aromatic carbocycles. The van der Waals surface area contributed by atoms with E-state index < -0.39 is 10.0 Å².